The van der Waals surface area contributed by atoms with Gasteiger partial charge >= 0.3 is 0 Å². The van der Waals surface area contributed by atoms with E-state index >= 15 is 0 Å². The number of hydrogen-bond acceptors (Lipinski definition) is 4. The molecule has 0 saturated carbocycles. The molecule has 8 heteroatoms. The average molecular weight is 428 g/mol. The van der Waals surface area contributed by atoms with E-state index in [4.69, 9.17) is 4.74 Å². The molecule has 30 heavy (non-hydrogen) atoms. The fourth-order valence-corrected chi connectivity index (χ4v) is 3.72. The summed E-state index contributed by atoms with van der Waals surface area (Å²) in [7, 11) is -3.64. The maximum absolute atomic E-state index is 13.1. The Hall–Kier alpha value is -3.23. The molecule has 3 aromatic rings. The average Bonchev–Trinajstić information content (AvgIpc) is 2.73. The zero-order valence-electron chi connectivity index (χ0n) is 16.0. The number of nitrogens with one attached hydrogen (secondary N) is 2. The Bertz CT molecular complexity index is 1090. The summed E-state index contributed by atoms with van der Waals surface area (Å²) in [5.41, 5.74) is 1.37. The van der Waals surface area contributed by atoms with Crippen LogP contribution < -0.4 is 14.8 Å². The minimum atomic E-state index is -3.64. The largest absolute Gasteiger partial charge is 0.484 e. The van der Waals surface area contributed by atoms with Gasteiger partial charge in [-0.05, 0) is 54.4 Å². The lowest BCUT2D eigenvalue weighted by molar-refractivity contribution is -0.118. The molecule has 3 aromatic carbocycles. The van der Waals surface area contributed by atoms with Crippen LogP contribution in [0.2, 0.25) is 0 Å². The predicted molar refractivity (Wildman–Crippen MR) is 112 cm³/mol. The highest BCUT2D eigenvalue weighted by Crippen LogP contribution is 2.16. The Balaban J connectivity index is 1.49. The van der Waals surface area contributed by atoms with Crippen molar-refractivity contribution in [1.82, 2.24) is 4.72 Å². The third kappa shape index (κ3) is 6.40. The molecule has 0 aromatic heterocycles. The van der Waals surface area contributed by atoms with Gasteiger partial charge in [-0.15, -0.1) is 0 Å². The van der Waals surface area contributed by atoms with Gasteiger partial charge in [0.15, 0.2) is 6.61 Å². The third-order valence-corrected chi connectivity index (χ3v) is 5.64. The van der Waals surface area contributed by atoms with Crippen molar-refractivity contribution in [2.45, 2.75) is 11.3 Å². The molecule has 0 heterocycles. The summed E-state index contributed by atoms with van der Waals surface area (Å²) < 4.78 is 45.8. The third-order valence-electron chi connectivity index (χ3n) is 4.16. The number of ether oxygens (including phenoxy) is 1. The molecule has 0 aliphatic carbocycles. The lowest BCUT2D eigenvalue weighted by Crippen LogP contribution is -2.26. The van der Waals surface area contributed by atoms with Crippen LogP contribution in [-0.4, -0.2) is 27.5 Å². The number of hydrogen-bond donors (Lipinski definition) is 2. The number of amides is 1. The van der Waals surface area contributed by atoms with Gasteiger partial charge in [0.1, 0.15) is 11.6 Å². The minimum Gasteiger partial charge on any atom is -0.484 e. The molecule has 0 saturated heterocycles. The molecule has 0 spiro atoms. The molecule has 2 N–H and O–H groups in total. The summed E-state index contributed by atoms with van der Waals surface area (Å²) in [5, 5.41) is 2.52. The summed E-state index contributed by atoms with van der Waals surface area (Å²) in [4.78, 5) is 12.0. The number of anilines is 1. The predicted octanol–water partition coefficient (Wildman–Crippen LogP) is 3.36. The normalized spacial score (nSPS) is 11.1. The van der Waals surface area contributed by atoms with Crippen LogP contribution in [0.1, 0.15) is 5.56 Å². The second-order valence-electron chi connectivity index (χ2n) is 6.45. The van der Waals surface area contributed by atoms with E-state index in [-0.39, 0.29) is 18.0 Å². The van der Waals surface area contributed by atoms with Gasteiger partial charge in [-0.3, -0.25) is 4.79 Å². The van der Waals surface area contributed by atoms with Gasteiger partial charge < -0.3 is 10.1 Å². The number of rotatable bonds is 9. The van der Waals surface area contributed by atoms with Crippen molar-refractivity contribution in [2.75, 3.05) is 18.5 Å². The van der Waals surface area contributed by atoms with Crippen molar-refractivity contribution in [3.63, 3.8) is 0 Å². The second-order valence-corrected chi connectivity index (χ2v) is 8.22. The van der Waals surface area contributed by atoms with E-state index in [9.17, 15) is 17.6 Å². The van der Waals surface area contributed by atoms with E-state index in [0.717, 1.165) is 5.56 Å². The quantitative estimate of drug-likeness (QED) is 0.547. The van der Waals surface area contributed by atoms with E-state index in [2.05, 4.69) is 10.0 Å². The summed E-state index contributed by atoms with van der Waals surface area (Å²) in [5.74, 6) is -0.574. The Labute approximate surface area is 174 Å². The molecule has 0 unspecified atom stereocenters. The van der Waals surface area contributed by atoms with Crippen molar-refractivity contribution in [2.24, 2.45) is 0 Å². The zero-order valence-corrected chi connectivity index (χ0v) is 16.9. The number of carbonyl (C=O) groups is 1. The Morgan fingerprint density at radius 3 is 2.37 bits per heavy atom. The maximum atomic E-state index is 13.1. The van der Waals surface area contributed by atoms with Gasteiger partial charge in [-0.25, -0.2) is 17.5 Å². The first-order chi connectivity index (χ1) is 14.4. The highest BCUT2D eigenvalue weighted by Gasteiger charge is 2.13. The van der Waals surface area contributed by atoms with Gasteiger partial charge in [0, 0.05) is 12.2 Å². The topological polar surface area (TPSA) is 84.5 Å². The molecule has 3 rings (SSSR count). The fraction of sp³-hybridized carbons (Fsp3) is 0.136. The van der Waals surface area contributed by atoms with Crippen molar-refractivity contribution in [3.05, 3.63) is 90.2 Å². The fourth-order valence-electron chi connectivity index (χ4n) is 2.68. The SMILES string of the molecule is O=C(COc1ccc(S(=O)(=O)NCCc2ccccc2)cc1)Nc1cccc(F)c1. The summed E-state index contributed by atoms with van der Waals surface area (Å²) in [6.45, 7) is -0.0111. The van der Waals surface area contributed by atoms with E-state index in [0.29, 0.717) is 17.9 Å². The molecule has 6 nitrogen and oxygen atoms in total. The van der Waals surface area contributed by atoms with Crippen LogP contribution in [0.4, 0.5) is 10.1 Å². The molecular formula is C22H21FN2O4S. The minimum absolute atomic E-state index is 0.104. The highest BCUT2D eigenvalue weighted by atomic mass is 32.2. The molecule has 0 atom stereocenters. The molecule has 156 valence electrons. The van der Waals surface area contributed by atoms with Crippen LogP contribution in [0.15, 0.2) is 83.8 Å². The van der Waals surface area contributed by atoms with Crippen LogP contribution in [0.25, 0.3) is 0 Å². The van der Waals surface area contributed by atoms with Crippen LogP contribution in [0.3, 0.4) is 0 Å². The van der Waals surface area contributed by atoms with E-state index in [1.165, 1.54) is 42.5 Å². The lowest BCUT2D eigenvalue weighted by Gasteiger charge is -2.09. The van der Waals surface area contributed by atoms with Crippen molar-refractivity contribution in [3.8, 4) is 5.75 Å². The van der Waals surface area contributed by atoms with Crippen LogP contribution in [0.5, 0.6) is 5.75 Å². The maximum Gasteiger partial charge on any atom is 0.262 e. The molecule has 0 aliphatic heterocycles. The molecule has 0 bridgehead atoms. The summed E-state index contributed by atoms with van der Waals surface area (Å²) in [6.07, 6.45) is 0.585. The van der Waals surface area contributed by atoms with Crippen molar-refractivity contribution in [1.29, 1.82) is 0 Å². The zero-order chi connectivity index (χ0) is 21.4. The van der Waals surface area contributed by atoms with Crippen LogP contribution >= 0.6 is 0 Å². The summed E-state index contributed by atoms with van der Waals surface area (Å²) >= 11 is 0. The Kier molecular flexibility index (Phi) is 7.16. The van der Waals surface area contributed by atoms with Crippen LogP contribution in [0, 0.1) is 5.82 Å². The first-order valence-corrected chi connectivity index (χ1v) is 10.7. The highest BCUT2D eigenvalue weighted by molar-refractivity contribution is 7.89. The van der Waals surface area contributed by atoms with Gasteiger partial charge in [-0.1, -0.05) is 36.4 Å². The van der Waals surface area contributed by atoms with Gasteiger partial charge in [-0.2, -0.15) is 0 Å². The van der Waals surface area contributed by atoms with Gasteiger partial charge in [0.25, 0.3) is 5.91 Å². The first-order valence-electron chi connectivity index (χ1n) is 9.24. The smallest absolute Gasteiger partial charge is 0.262 e. The van der Waals surface area contributed by atoms with Gasteiger partial charge in [0.05, 0.1) is 4.90 Å². The van der Waals surface area contributed by atoms with Gasteiger partial charge in [0.2, 0.25) is 10.0 Å². The van der Waals surface area contributed by atoms with E-state index < -0.39 is 21.7 Å². The Morgan fingerprint density at radius 2 is 1.67 bits per heavy atom. The monoisotopic (exact) mass is 428 g/mol. The number of sulfonamides is 1. The lowest BCUT2D eigenvalue weighted by atomic mass is 10.2. The van der Waals surface area contributed by atoms with Crippen molar-refractivity contribution < 1.29 is 22.3 Å². The van der Waals surface area contributed by atoms with E-state index in [1.807, 2.05) is 30.3 Å². The first kappa shape index (κ1) is 21.5. The van der Waals surface area contributed by atoms with Crippen molar-refractivity contribution >= 4 is 21.6 Å². The molecule has 1 amide bonds. The Morgan fingerprint density at radius 1 is 0.933 bits per heavy atom. The molecule has 0 radical (unpaired) electrons. The standard InChI is InChI=1S/C22H21FN2O4S/c23-18-7-4-8-19(15-18)25-22(26)16-29-20-9-11-21(12-10-20)30(27,28)24-14-13-17-5-2-1-3-6-17/h1-12,15,24H,13-14,16H2,(H,25,26). The molecule has 0 aliphatic rings. The number of benzene rings is 3. The second kappa shape index (κ2) is 10.00. The van der Waals surface area contributed by atoms with E-state index in [1.54, 1.807) is 6.07 Å². The molecular weight excluding hydrogens is 407 g/mol. The molecule has 0 fully saturated rings. The summed E-state index contributed by atoms with van der Waals surface area (Å²) in [6, 6.07) is 20.9. The number of carbonyl (C=O) groups excluding carboxylic acids is 1. The number of halogens is 1. The van der Waals surface area contributed by atoms with Crippen LogP contribution in [-0.2, 0) is 21.2 Å².